The minimum atomic E-state index is -0.599. The lowest BCUT2D eigenvalue weighted by atomic mass is 10.1. The average molecular weight is 280 g/mol. The number of para-hydroxylation sites is 1. The molecule has 0 aromatic heterocycles. The summed E-state index contributed by atoms with van der Waals surface area (Å²) in [6.45, 7) is 5.26. The highest BCUT2D eigenvalue weighted by Crippen LogP contribution is 2.24. The Morgan fingerprint density at radius 3 is 2.70 bits per heavy atom. The van der Waals surface area contributed by atoms with E-state index in [0.29, 0.717) is 19.1 Å². The molecule has 0 heterocycles. The average Bonchev–Trinajstić information content (AvgIpc) is 2.38. The zero-order chi connectivity index (χ0) is 15.3. The highest BCUT2D eigenvalue weighted by Gasteiger charge is 2.18. The van der Waals surface area contributed by atoms with Crippen molar-refractivity contribution in [1.82, 2.24) is 10.2 Å². The van der Waals surface area contributed by atoms with Crippen molar-refractivity contribution < 1.29 is 9.72 Å². The summed E-state index contributed by atoms with van der Waals surface area (Å²) in [4.78, 5) is 24.2. The second kappa shape index (κ2) is 6.85. The van der Waals surface area contributed by atoms with E-state index in [2.05, 4.69) is 24.1 Å². The Balaban J connectivity index is 2.69. The Labute approximate surface area is 117 Å². The van der Waals surface area contributed by atoms with Gasteiger partial charge < -0.3 is 16.0 Å². The van der Waals surface area contributed by atoms with E-state index in [0.717, 1.165) is 0 Å². The molecule has 0 bridgehead atoms. The molecule has 0 aliphatic carbocycles. The molecule has 7 nitrogen and oxygen atoms in total. The number of nitro benzene ring substituents is 1. The Morgan fingerprint density at radius 2 is 2.15 bits per heavy atom. The van der Waals surface area contributed by atoms with Gasteiger partial charge in [0, 0.05) is 25.2 Å². The number of nitrogens with two attached hydrogens (primary N) is 1. The molecule has 0 radical (unpaired) electrons. The van der Waals surface area contributed by atoms with Crippen molar-refractivity contribution in [3.63, 3.8) is 0 Å². The summed E-state index contributed by atoms with van der Waals surface area (Å²) in [5.74, 6) is -0.400. The van der Waals surface area contributed by atoms with Crippen LogP contribution in [0.25, 0.3) is 0 Å². The molecule has 0 aliphatic heterocycles. The van der Waals surface area contributed by atoms with E-state index in [1.807, 2.05) is 7.05 Å². The third kappa shape index (κ3) is 3.92. The normalized spacial score (nSPS) is 10.8. The molecule has 0 saturated carbocycles. The number of rotatable bonds is 6. The van der Waals surface area contributed by atoms with Crippen LogP contribution >= 0.6 is 0 Å². The van der Waals surface area contributed by atoms with Gasteiger partial charge in [0.05, 0.1) is 10.5 Å². The van der Waals surface area contributed by atoms with Gasteiger partial charge in [-0.05, 0) is 27.0 Å². The van der Waals surface area contributed by atoms with Gasteiger partial charge in [-0.2, -0.15) is 0 Å². The molecule has 0 unspecified atom stereocenters. The van der Waals surface area contributed by atoms with Crippen molar-refractivity contribution >= 4 is 17.3 Å². The van der Waals surface area contributed by atoms with E-state index in [1.165, 1.54) is 18.2 Å². The number of benzene rings is 1. The summed E-state index contributed by atoms with van der Waals surface area (Å²) < 4.78 is 0. The summed E-state index contributed by atoms with van der Waals surface area (Å²) in [5, 5.41) is 13.5. The predicted octanol–water partition coefficient (Wildman–Crippen LogP) is 1.25. The van der Waals surface area contributed by atoms with Gasteiger partial charge in [-0.15, -0.1) is 0 Å². The molecule has 0 atom stereocenters. The lowest BCUT2D eigenvalue weighted by Gasteiger charge is -2.20. The molecule has 0 saturated heterocycles. The maximum atomic E-state index is 12.0. The third-order valence-electron chi connectivity index (χ3n) is 3.16. The SMILES string of the molecule is CC(C)N(C)CCNC(=O)c1cccc([N+](=O)[O-])c1N. The van der Waals surface area contributed by atoms with Gasteiger partial charge in [0.25, 0.3) is 11.6 Å². The Hall–Kier alpha value is -2.15. The van der Waals surface area contributed by atoms with Crippen LogP contribution in [-0.4, -0.2) is 41.9 Å². The second-order valence-corrected chi connectivity index (χ2v) is 4.83. The number of likely N-dealkylation sites (N-methyl/N-ethyl adjacent to an activating group) is 1. The maximum absolute atomic E-state index is 12.0. The topological polar surface area (TPSA) is 102 Å². The number of nitrogens with one attached hydrogen (secondary N) is 1. The number of carbonyl (C=O) groups is 1. The fourth-order valence-corrected chi connectivity index (χ4v) is 1.61. The first kappa shape index (κ1) is 15.9. The number of carbonyl (C=O) groups excluding carboxylic acids is 1. The first-order valence-electron chi connectivity index (χ1n) is 6.36. The molecule has 0 fully saturated rings. The van der Waals surface area contributed by atoms with Crippen LogP contribution in [0, 0.1) is 10.1 Å². The van der Waals surface area contributed by atoms with Crippen LogP contribution in [0.2, 0.25) is 0 Å². The summed E-state index contributed by atoms with van der Waals surface area (Å²) in [7, 11) is 1.96. The van der Waals surface area contributed by atoms with E-state index in [9.17, 15) is 14.9 Å². The van der Waals surface area contributed by atoms with Crippen LogP contribution < -0.4 is 11.1 Å². The van der Waals surface area contributed by atoms with Gasteiger partial charge in [-0.3, -0.25) is 14.9 Å². The van der Waals surface area contributed by atoms with Crippen LogP contribution in [0.15, 0.2) is 18.2 Å². The molecule has 0 aliphatic rings. The maximum Gasteiger partial charge on any atom is 0.292 e. The van der Waals surface area contributed by atoms with Gasteiger partial charge in [-0.1, -0.05) is 6.07 Å². The molecular weight excluding hydrogens is 260 g/mol. The first-order chi connectivity index (χ1) is 9.34. The number of nitrogens with zero attached hydrogens (tertiary/aromatic N) is 2. The quantitative estimate of drug-likeness (QED) is 0.464. The smallest absolute Gasteiger partial charge is 0.292 e. The molecule has 20 heavy (non-hydrogen) atoms. The minimum absolute atomic E-state index is 0.104. The Morgan fingerprint density at radius 1 is 1.50 bits per heavy atom. The van der Waals surface area contributed by atoms with Crippen molar-refractivity contribution in [2.24, 2.45) is 0 Å². The predicted molar refractivity (Wildman–Crippen MR) is 77.6 cm³/mol. The molecule has 0 spiro atoms. The van der Waals surface area contributed by atoms with Crippen LogP contribution in [0.4, 0.5) is 11.4 Å². The van der Waals surface area contributed by atoms with E-state index < -0.39 is 10.8 Å². The number of hydrogen-bond acceptors (Lipinski definition) is 5. The van der Waals surface area contributed by atoms with Crippen LogP contribution in [0.5, 0.6) is 0 Å². The number of amides is 1. The third-order valence-corrected chi connectivity index (χ3v) is 3.16. The van der Waals surface area contributed by atoms with Crippen molar-refractivity contribution in [3.05, 3.63) is 33.9 Å². The highest BCUT2D eigenvalue weighted by atomic mass is 16.6. The fourth-order valence-electron chi connectivity index (χ4n) is 1.61. The number of hydrogen-bond donors (Lipinski definition) is 2. The van der Waals surface area contributed by atoms with Crippen LogP contribution in [-0.2, 0) is 0 Å². The molecule has 3 N–H and O–H groups in total. The monoisotopic (exact) mass is 280 g/mol. The fraction of sp³-hybridized carbons (Fsp3) is 0.462. The molecule has 1 aromatic rings. The van der Waals surface area contributed by atoms with Gasteiger partial charge in [0.15, 0.2) is 0 Å². The van der Waals surface area contributed by atoms with Gasteiger partial charge in [0.2, 0.25) is 0 Å². The minimum Gasteiger partial charge on any atom is -0.393 e. The van der Waals surface area contributed by atoms with E-state index in [-0.39, 0.29) is 16.9 Å². The Kier molecular flexibility index (Phi) is 5.45. The second-order valence-electron chi connectivity index (χ2n) is 4.83. The first-order valence-corrected chi connectivity index (χ1v) is 6.36. The summed E-state index contributed by atoms with van der Waals surface area (Å²) >= 11 is 0. The van der Waals surface area contributed by atoms with Crippen LogP contribution in [0.3, 0.4) is 0 Å². The highest BCUT2D eigenvalue weighted by molar-refractivity contribution is 6.00. The largest absolute Gasteiger partial charge is 0.393 e. The standard InChI is InChI=1S/C13H20N4O3/c1-9(2)16(3)8-7-15-13(18)10-5-4-6-11(12(10)14)17(19)20/h4-6,9H,7-8,14H2,1-3H3,(H,15,18). The lowest BCUT2D eigenvalue weighted by Crippen LogP contribution is -2.36. The van der Waals surface area contributed by atoms with Crippen LogP contribution in [0.1, 0.15) is 24.2 Å². The Bertz CT molecular complexity index is 502. The molecule has 110 valence electrons. The molecule has 7 heteroatoms. The van der Waals surface area contributed by atoms with E-state index >= 15 is 0 Å². The van der Waals surface area contributed by atoms with Crippen molar-refractivity contribution in [2.45, 2.75) is 19.9 Å². The molecular formula is C13H20N4O3. The number of anilines is 1. The van der Waals surface area contributed by atoms with Gasteiger partial charge in [0.1, 0.15) is 5.69 Å². The lowest BCUT2D eigenvalue weighted by molar-refractivity contribution is -0.383. The number of nitro groups is 1. The molecule has 1 amide bonds. The summed E-state index contributed by atoms with van der Waals surface area (Å²) in [6, 6.07) is 4.58. The zero-order valence-corrected chi connectivity index (χ0v) is 11.9. The van der Waals surface area contributed by atoms with Crippen molar-refractivity contribution in [2.75, 3.05) is 25.9 Å². The van der Waals surface area contributed by atoms with Crippen molar-refractivity contribution in [3.8, 4) is 0 Å². The number of nitrogen functional groups attached to an aromatic ring is 1. The summed E-state index contributed by atoms with van der Waals surface area (Å²) in [6.07, 6.45) is 0. The molecule has 1 rings (SSSR count). The molecule has 1 aromatic carbocycles. The summed E-state index contributed by atoms with van der Waals surface area (Å²) in [5.41, 5.74) is 5.43. The van der Waals surface area contributed by atoms with Crippen molar-refractivity contribution in [1.29, 1.82) is 0 Å². The van der Waals surface area contributed by atoms with E-state index in [4.69, 9.17) is 5.73 Å². The van der Waals surface area contributed by atoms with Gasteiger partial charge >= 0.3 is 0 Å². The van der Waals surface area contributed by atoms with Gasteiger partial charge in [-0.25, -0.2) is 0 Å². The van der Waals surface area contributed by atoms with E-state index in [1.54, 1.807) is 0 Å². The zero-order valence-electron chi connectivity index (χ0n) is 11.9.